The molecule has 3 rings (SSSR count). The van der Waals surface area contributed by atoms with Crippen molar-refractivity contribution in [3.05, 3.63) is 48.0 Å². The normalized spacial score (nSPS) is 29.2. The molecule has 0 radical (unpaired) electrons. The zero-order chi connectivity index (χ0) is 11.0. The number of piperidine rings is 1. The molecule has 1 nitrogen and oxygen atoms in total. The Kier molecular flexibility index (Phi) is 2.36. The zero-order valence-corrected chi connectivity index (χ0v) is 9.78. The first-order chi connectivity index (χ1) is 7.87. The molecule has 0 bridgehead atoms. The minimum absolute atomic E-state index is 0.146. The molecule has 1 heteroatoms. The fourth-order valence-corrected chi connectivity index (χ4v) is 3.43. The summed E-state index contributed by atoms with van der Waals surface area (Å²) in [7, 11) is 0. The third-order valence-electron chi connectivity index (χ3n) is 4.27. The van der Waals surface area contributed by atoms with Gasteiger partial charge in [0.2, 0.25) is 0 Å². The zero-order valence-electron chi connectivity index (χ0n) is 9.78. The van der Waals surface area contributed by atoms with E-state index < -0.39 is 0 Å². The van der Waals surface area contributed by atoms with Gasteiger partial charge in [-0.3, -0.25) is 4.90 Å². The molecule has 84 valence electrons. The first-order valence-corrected chi connectivity index (χ1v) is 6.34. The van der Waals surface area contributed by atoms with Gasteiger partial charge in [-0.2, -0.15) is 0 Å². The fraction of sp³-hybridized carbons (Fsp3) is 0.467. The molecule has 16 heavy (non-hydrogen) atoms. The van der Waals surface area contributed by atoms with E-state index in [0.29, 0.717) is 0 Å². The van der Waals surface area contributed by atoms with E-state index in [1.807, 2.05) is 0 Å². The van der Waals surface area contributed by atoms with Crippen molar-refractivity contribution < 1.29 is 0 Å². The van der Waals surface area contributed by atoms with Crippen LogP contribution in [0.15, 0.2) is 36.9 Å². The van der Waals surface area contributed by atoms with Crippen LogP contribution in [0, 0.1) is 0 Å². The smallest absolute Gasteiger partial charge is 0.0645 e. The van der Waals surface area contributed by atoms with Gasteiger partial charge in [-0.1, -0.05) is 30.3 Å². The van der Waals surface area contributed by atoms with Gasteiger partial charge < -0.3 is 0 Å². The Morgan fingerprint density at radius 2 is 2.06 bits per heavy atom. The second-order valence-corrected chi connectivity index (χ2v) is 4.98. The van der Waals surface area contributed by atoms with Crippen molar-refractivity contribution >= 4 is 0 Å². The highest BCUT2D eigenvalue weighted by atomic mass is 15.2. The molecule has 1 atom stereocenters. The first kappa shape index (κ1) is 10.1. The monoisotopic (exact) mass is 213 g/mol. The number of nitrogens with zero attached hydrogens (tertiary/aromatic N) is 1. The van der Waals surface area contributed by atoms with Gasteiger partial charge in [-0.15, -0.1) is 6.58 Å². The van der Waals surface area contributed by atoms with Crippen LogP contribution in [0.5, 0.6) is 0 Å². The minimum Gasteiger partial charge on any atom is -0.290 e. The average Bonchev–Trinajstić information content (AvgIpc) is 2.38. The Hall–Kier alpha value is -1.08. The lowest BCUT2D eigenvalue weighted by molar-refractivity contribution is 0.0743. The van der Waals surface area contributed by atoms with Crippen molar-refractivity contribution in [3.8, 4) is 0 Å². The highest BCUT2D eigenvalue weighted by Crippen LogP contribution is 2.42. The van der Waals surface area contributed by atoms with Gasteiger partial charge in [-0.25, -0.2) is 0 Å². The molecule has 0 spiro atoms. The molecule has 0 aliphatic carbocycles. The maximum atomic E-state index is 4.12. The van der Waals surface area contributed by atoms with E-state index in [1.54, 1.807) is 0 Å². The van der Waals surface area contributed by atoms with Crippen molar-refractivity contribution in [3.63, 3.8) is 0 Å². The molecule has 2 aliphatic heterocycles. The van der Waals surface area contributed by atoms with E-state index in [9.17, 15) is 0 Å². The maximum absolute atomic E-state index is 4.12. The topological polar surface area (TPSA) is 3.24 Å². The standard InChI is InChI=1S/C15H19N/c1-2-15-10-5-6-11-16(15)12-9-13-7-3-4-8-14(13)15/h2-4,7-8H,1,5-6,9-12H2. The molecule has 1 fully saturated rings. The van der Waals surface area contributed by atoms with Gasteiger partial charge in [0.05, 0.1) is 5.54 Å². The molecular formula is C15H19N. The van der Waals surface area contributed by atoms with Gasteiger partial charge in [0, 0.05) is 6.54 Å². The molecule has 2 heterocycles. The summed E-state index contributed by atoms with van der Waals surface area (Å²) in [5.74, 6) is 0. The maximum Gasteiger partial charge on any atom is 0.0645 e. The first-order valence-electron chi connectivity index (χ1n) is 6.34. The van der Waals surface area contributed by atoms with E-state index in [-0.39, 0.29) is 5.54 Å². The summed E-state index contributed by atoms with van der Waals surface area (Å²) in [6.07, 6.45) is 7.30. The van der Waals surface area contributed by atoms with Crippen LogP contribution in [-0.2, 0) is 12.0 Å². The molecule has 1 aromatic carbocycles. The summed E-state index contributed by atoms with van der Waals surface area (Å²) in [5.41, 5.74) is 3.18. The van der Waals surface area contributed by atoms with E-state index in [1.165, 1.54) is 49.9 Å². The second kappa shape index (κ2) is 3.74. The van der Waals surface area contributed by atoms with Crippen molar-refractivity contribution in [2.75, 3.05) is 13.1 Å². The molecule has 0 aromatic heterocycles. The van der Waals surface area contributed by atoms with Crippen LogP contribution in [0.3, 0.4) is 0 Å². The summed E-state index contributed by atoms with van der Waals surface area (Å²) in [5, 5.41) is 0. The largest absolute Gasteiger partial charge is 0.290 e. The Morgan fingerprint density at radius 1 is 1.19 bits per heavy atom. The third kappa shape index (κ3) is 1.28. The lowest BCUT2D eigenvalue weighted by Crippen LogP contribution is -2.51. The van der Waals surface area contributed by atoms with E-state index in [2.05, 4.69) is 41.8 Å². The van der Waals surface area contributed by atoms with E-state index in [0.717, 1.165) is 0 Å². The highest BCUT2D eigenvalue weighted by molar-refractivity contribution is 5.40. The fourth-order valence-electron chi connectivity index (χ4n) is 3.43. The summed E-state index contributed by atoms with van der Waals surface area (Å²) < 4.78 is 0. The van der Waals surface area contributed by atoms with Gasteiger partial charge in [0.15, 0.2) is 0 Å². The van der Waals surface area contributed by atoms with Gasteiger partial charge in [-0.05, 0) is 43.4 Å². The van der Waals surface area contributed by atoms with Gasteiger partial charge in [0.25, 0.3) is 0 Å². The predicted molar refractivity (Wildman–Crippen MR) is 67.4 cm³/mol. The quantitative estimate of drug-likeness (QED) is 0.648. The summed E-state index contributed by atoms with van der Waals surface area (Å²) in [4.78, 5) is 2.63. The number of fused-ring (bicyclic) bond motifs is 3. The Labute approximate surface area is 97.8 Å². The van der Waals surface area contributed by atoms with Gasteiger partial charge in [0.1, 0.15) is 0 Å². The van der Waals surface area contributed by atoms with Crippen molar-refractivity contribution in [1.82, 2.24) is 4.90 Å². The molecule has 1 aromatic rings. The van der Waals surface area contributed by atoms with Crippen LogP contribution < -0.4 is 0 Å². The molecule has 1 unspecified atom stereocenters. The van der Waals surface area contributed by atoms with Crippen molar-refractivity contribution in [2.45, 2.75) is 31.2 Å². The highest BCUT2D eigenvalue weighted by Gasteiger charge is 2.41. The molecular weight excluding hydrogens is 194 g/mol. The number of hydrogen-bond donors (Lipinski definition) is 0. The predicted octanol–water partition coefficient (Wildman–Crippen LogP) is 3.11. The SMILES string of the molecule is C=CC12CCCCN1CCc1ccccc12. The van der Waals surface area contributed by atoms with Crippen LogP contribution >= 0.6 is 0 Å². The van der Waals surface area contributed by atoms with Crippen molar-refractivity contribution in [2.24, 2.45) is 0 Å². The molecule has 0 amide bonds. The van der Waals surface area contributed by atoms with Gasteiger partial charge >= 0.3 is 0 Å². The third-order valence-corrected chi connectivity index (χ3v) is 4.27. The Balaban J connectivity index is 2.14. The van der Waals surface area contributed by atoms with Crippen molar-refractivity contribution in [1.29, 1.82) is 0 Å². The van der Waals surface area contributed by atoms with Crippen LogP contribution in [0.2, 0.25) is 0 Å². The molecule has 1 saturated heterocycles. The van der Waals surface area contributed by atoms with Crippen LogP contribution in [0.4, 0.5) is 0 Å². The minimum atomic E-state index is 0.146. The second-order valence-electron chi connectivity index (χ2n) is 4.98. The molecule has 0 N–H and O–H groups in total. The van der Waals surface area contributed by atoms with E-state index >= 15 is 0 Å². The Bertz CT molecular complexity index is 410. The lowest BCUT2D eigenvalue weighted by Gasteiger charge is -2.49. The summed E-state index contributed by atoms with van der Waals surface area (Å²) >= 11 is 0. The van der Waals surface area contributed by atoms with Crippen LogP contribution in [-0.4, -0.2) is 18.0 Å². The lowest BCUT2D eigenvalue weighted by atomic mass is 9.75. The summed E-state index contributed by atoms with van der Waals surface area (Å²) in [6.45, 7) is 6.55. The molecule has 0 saturated carbocycles. The number of benzene rings is 1. The van der Waals surface area contributed by atoms with E-state index in [4.69, 9.17) is 0 Å². The van der Waals surface area contributed by atoms with Crippen LogP contribution in [0.25, 0.3) is 0 Å². The summed E-state index contributed by atoms with van der Waals surface area (Å²) in [6, 6.07) is 8.91. The Morgan fingerprint density at radius 3 is 2.94 bits per heavy atom. The average molecular weight is 213 g/mol. The number of rotatable bonds is 1. The molecule has 2 aliphatic rings. The number of hydrogen-bond acceptors (Lipinski definition) is 1. The van der Waals surface area contributed by atoms with Crippen LogP contribution in [0.1, 0.15) is 30.4 Å².